The van der Waals surface area contributed by atoms with E-state index in [0.29, 0.717) is 23.5 Å². The van der Waals surface area contributed by atoms with Crippen molar-refractivity contribution in [1.82, 2.24) is 20.1 Å². The van der Waals surface area contributed by atoms with Crippen molar-refractivity contribution in [2.45, 2.75) is 12.3 Å². The molecule has 0 spiro atoms. The van der Waals surface area contributed by atoms with Crippen LogP contribution in [0.4, 0.5) is 0 Å². The van der Waals surface area contributed by atoms with Crippen molar-refractivity contribution in [3.63, 3.8) is 0 Å². The van der Waals surface area contributed by atoms with Gasteiger partial charge in [-0.15, -0.1) is 0 Å². The smallest absolute Gasteiger partial charge is 0.254 e. The summed E-state index contributed by atoms with van der Waals surface area (Å²) in [4.78, 5) is 17.7. The van der Waals surface area contributed by atoms with Crippen LogP contribution in [0.25, 0.3) is 0 Å². The van der Waals surface area contributed by atoms with E-state index in [2.05, 4.69) is 15.2 Å². The summed E-state index contributed by atoms with van der Waals surface area (Å²) >= 11 is 0. The molecule has 0 aliphatic carbocycles. The number of rotatable bonds is 5. The SMILES string of the molecule is CN(Cc1ncn[nH]1)C(=O)c1ccc(CS(C)(=O)=O)cc1. The van der Waals surface area contributed by atoms with Gasteiger partial charge in [0.25, 0.3) is 5.91 Å². The summed E-state index contributed by atoms with van der Waals surface area (Å²) in [6.07, 6.45) is 2.56. The second-order valence-electron chi connectivity index (χ2n) is 4.86. The second kappa shape index (κ2) is 6.04. The van der Waals surface area contributed by atoms with E-state index in [1.807, 2.05) is 0 Å². The maximum atomic E-state index is 12.2. The van der Waals surface area contributed by atoms with E-state index < -0.39 is 9.84 Å². The van der Waals surface area contributed by atoms with E-state index in [4.69, 9.17) is 0 Å². The average molecular weight is 308 g/mol. The first-order valence-corrected chi connectivity index (χ1v) is 8.27. The molecule has 0 bridgehead atoms. The molecule has 1 aromatic carbocycles. The lowest BCUT2D eigenvalue weighted by atomic mass is 10.1. The number of amides is 1. The third kappa shape index (κ3) is 4.38. The van der Waals surface area contributed by atoms with Crippen molar-refractivity contribution in [2.75, 3.05) is 13.3 Å². The van der Waals surface area contributed by atoms with Gasteiger partial charge in [-0.05, 0) is 17.7 Å². The Bertz CT molecular complexity index is 708. The number of aromatic nitrogens is 3. The Labute approximate surface area is 122 Å². The number of H-pyrrole nitrogens is 1. The monoisotopic (exact) mass is 308 g/mol. The minimum Gasteiger partial charge on any atom is -0.334 e. The van der Waals surface area contributed by atoms with Crippen molar-refractivity contribution >= 4 is 15.7 Å². The summed E-state index contributed by atoms with van der Waals surface area (Å²) in [7, 11) is -1.41. The van der Waals surface area contributed by atoms with Crippen LogP contribution in [0.3, 0.4) is 0 Å². The van der Waals surface area contributed by atoms with Gasteiger partial charge in [0.2, 0.25) is 0 Å². The van der Waals surface area contributed by atoms with Gasteiger partial charge in [-0.25, -0.2) is 13.4 Å². The van der Waals surface area contributed by atoms with Gasteiger partial charge >= 0.3 is 0 Å². The molecule has 0 unspecified atom stereocenters. The molecule has 2 rings (SSSR count). The second-order valence-corrected chi connectivity index (χ2v) is 7.00. The quantitative estimate of drug-likeness (QED) is 0.873. The van der Waals surface area contributed by atoms with E-state index in [1.165, 1.54) is 17.5 Å². The highest BCUT2D eigenvalue weighted by Gasteiger charge is 2.13. The van der Waals surface area contributed by atoms with E-state index in [1.54, 1.807) is 31.3 Å². The third-order valence-corrected chi connectivity index (χ3v) is 3.69. The molecule has 2 aromatic rings. The molecule has 0 radical (unpaired) electrons. The van der Waals surface area contributed by atoms with Crippen molar-refractivity contribution in [3.8, 4) is 0 Å². The Kier molecular flexibility index (Phi) is 4.37. The molecule has 0 aliphatic heterocycles. The standard InChI is InChI=1S/C13H16N4O3S/c1-17(7-12-14-9-15-16-12)13(18)11-5-3-10(4-6-11)8-21(2,19)20/h3-6,9H,7-8H2,1-2H3,(H,14,15,16). The van der Waals surface area contributed by atoms with Crippen LogP contribution < -0.4 is 0 Å². The largest absolute Gasteiger partial charge is 0.334 e. The highest BCUT2D eigenvalue weighted by molar-refractivity contribution is 7.89. The van der Waals surface area contributed by atoms with Crippen LogP contribution in [0, 0.1) is 0 Å². The highest BCUT2D eigenvalue weighted by Crippen LogP contribution is 2.10. The van der Waals surface area contributed by atoms with E-state index in [-0.39, 0.29) is 11.7 Å². The third-order valence-electron chi connectivity index (χ3n) is 2.83. The molecule has 0 saturated heterocycles. The Morgan fingerprint density at radius 3 is 2.48 bits per heavy atom. The maximum Gasteiger partial charge on any atom is 0.254 e. The Morgan fingerprint density at radius 1 is 1.29 bits per heavy atom. The number of sulfone groups is 1. The molecular formula is C13H16N4O3S. The molecule has 0 fully saturated rings. The van der Waals surface area contributed by atoms with Gasteiger partial charge in [-0.2, -0.15) is 5.10 Å². The van der Waals surface area contributed by atoms with E-state index >= 15 is 0 Å². The molecule has 112 valence electrons. The number of benzene rings is 1. The summed E-state index contributed by atoms with van der Waals surface area (Å²) in [5.74, 6) is 0.395. The fraction of sp³-hybridized carbons (Fsp3) is 0.308. The van der Waals surface area contributed by atoms with Gasteiger partial charge in [-0.1, -0.05) is 12.1 Å². The summed E-state index contributed by atoms with van der Waals surface area (Å²) < 4.78 is 22.4. The molecule has 0 aliphatic rings. The number of carbonyl (C=O) groups excluding carboxylic acids is 1. The summed E-state index contributed by atoms with van der Waals surface area (Å²) in [6, 6.07) is 6.55. The van der Waals surface area contributed by atoms with Gasteiger partial charge in [0, 0.05) is 18.9 Å². The number of nitrogens with zero attached hydrogens (tertiary/aromatic N) is 3. The van der Waals surface area contributed by atoms with Gasteiger partial charge in [-0.3, -0.25) is 9.89 Å². The summed E-state index contributed by atoms with van der Waals surface area (Å²) in [5.41, 5.74) is 1.15. The van der Waals surface area contributed by atoms with Gasteiger partial charge < -0.3 is 4.90 Å². The molecule has 21 heavy (non-hydrogen) atoms. The molecule has 7 nitrogen and oxygen atoms in total. The fourth-order valence-electron chi connectivity index (χ4n) is 1.87. The molecule has 0 atom stereocenters. The van der Waals surface area contributed by atoms with Crippen molar-refractivity contribution in [1.29, 1.82) is 0 Å². The van der Waals surface area contributed by atoms with Crippen LogP contribution in [-0.4, -0.2) is 47.7 Å². The fourth-order valence-corrected chi connectivity index (χ4v) is 2.67. The Morgan fingerprint density at radius 2 is 1.95 bits per heavy atom. The Hall–Kier alpha value is -2.22. The maximum absolute atomic E-state index is 12.2. The van der Waals surface area contributed by atoms with Crippen LogP contribution in [0.2, 0.25) is 0 Å². The molecule has 0 saturated carbocycles. The average Bonchev–Trinajstić information content (AvgIpc) is 2.90. The molecular weight excluding hydrogens is 292 g/mol. The number of nitrogens with one attached hydrogen (secondary N) is 1. The minimum absolute atomic E-state index is 0.0324. The first-order chi connectivity index (χ1) is 9.85. The first-order valence-electron chi connectivity index (χ1n) is 6.21. The van der Waals surface area contributed by atoms with Crippen LogP contribution in [0.15, 0.2) is 30.6 Å². The van der Waals surface area contributed by atoms with Crippen LogP contribution in [-0.2, 0) is 22.1 Å². The number of aromatic amines is 1. The lowest BCUT2D eigenvalue weighted by Gasteiger charge is -2.15. The van der Waals surface area contributed by atoms with Crippen molar-refractivity contribution in [2.24, 2.45) is 0 Å². The predicted molar refractivity (Wildman–Crippen MR) is 77.2 cm³/mol. The zero-order valence-corrected chi connectivity index (χ0v) is 12.6. The zero-order chi connectivity index (χ0) is 15.5. The van der Waals surface area contributed by atoms with E-state index in [0.717, 1.165) is 0 Å². The van der Waals surface area contributed by atoms with Crippen molar-refractivity contribution < 1.29 is 13.2 Å². The van der Waals surface area contributed by atoms with E-state index in [9.17, 15) is 13.2 Å². The molecule has 1 N–H and O–H groups in total. The predicted octanol–water partition coefficient (Wildman–Crippen LogP) is 0.621. The van der Waals surface area contributed by atoms with Gasteiger partial charge in [0.05, 0.1) is 12.3 Å². The minimum atomic E-state index is -3.08. The molecule has 1 amide bonds. The zero-order valence-electron chi connectivity index (χ0n) is 11.8. The number of carbonyl (C=O) groups is 1. The Balaban J connectivity index is 2.05. The van der Waals surface area contributed by atoms with Crippen LogP contribution >= 0.6 is 0 Å². The summed E-state index contributed by atoms with van der Waals surface area (Å²) in [6.45, 7) is 0.323. The lowest BCUT2D eigenvalue weighted by molar-refractivity contribution is 0.0781. The number of hydrogen-bond acceptors (Lipinski definition) is 5. The number of hydrogen-bond donors (Lipinski definition) is 1. The van der Waals surface area contributed by atoms with Crippen molar-refractivity contribution in [3.05, 3.63) is 47.5 Å². The highest BCUT2D eigenvalue weighted by atomic mass is 32.2. The van der Waals surface area contributed by atoms with Gasteiger partial charge in [0.15, 0.2) is 9.84 Å². The lowest BCUT2D eigenvalue weighted by Crippen LogP contribution is -2.26. The van der Waals surface area contributed by atoms with Crippen LogP contribution in [0.5, 0.6) is 0 Å². The molecule has 1 aromatic heterocycles. The molecule has 8 heteroatoms. The normalized spacial score (nSPS) is 11.3. The topological polar surface area (TPSA) is 96.0 Å². The molecule has 1 heterocycles. The summed E-state index contributed by atoms with van der Waals surface area (Å²) in [5, 5.41) is 6.41. The van der Waals surface area contributed by atoms with Crippen LogP contribution in [0.1, 0.15) is 21.7 Å². The van der Waals surface area contributed by atoms with Gasteiger partial charge in [0.1, 0.15) is 12.2 Å². The first kappa shape index (κ1) is 15.2.